The molecule has 0 radical (unpaired) electrons. The van der Waals surface area contributed by atoms with E-state index in [1.165, 1.54) is 12.2 Å². The van der Waals surface area contributed by atoms with Crippen LogP contribution < -0.4 is 10.6 Å². The van der Waals surface area contributed by atoms with Gasteiger partial charge in [0.15, 0.2) is 0 Å². The lowest BCUT2D eigenvalue weighted by atomic mass is 10.1. The number of hydrogen-bond donors (Lipinski definition) is 2. The molecule has 0 saturated heterocycles. The largest absolute Gasteiger partial charge is 0.323 e. The topological polar surface area (TPSA) is 92.3 Å². The molecule has 0 heterocycles. The van der Waals surface area contributed by atoms with Crippen molar-refractivity contribution in [1.82, 2.24) is 0 Å². The first-order valence-electron chi connectivity index (χ1n) is 15.6. The molecule has 6 aromatic rings. The molecule has 0 aliphatic rings. The molecule has 6 nitrogen and oxygen atoms in total. The number of hydrogen-bond acceptors (Lipinski definition) is 4. The summed E-state index contributed by atoms with van der Waals surface area (Å²) in [6, 6.07) is 47.4. The number of amides is 2. The van der Waals surface area contributed by atoms with E-state index in [-0.39, 0.29) is 21.6 Å². The van der Waals surface area contributed by atoms with Crippen LogP contribution in [0.25, 0.3) is 34.4 Å². The van der Waals surface area contributed by atoms with E-state index in [1.807, 2.05) is 109 Å². The molecule has 0 saturated carbocycles. The van der Waals surface area contributed by atoms with E-state index in [0.29, 0.717) is 11.4 Å². The maximum absolute atomic E-state index is 13.4. The first-order valence-corrected chi connectivity index (χ1v) is 17.1. The fourth-order valence-electron chi connectivity index (χ4n) is 5.12. The predicted octanol–water partition coefficient (Wildman–Crippen LogP) is 9.16. The van der Waals surface area contributed by atoms with Gasteiger partial charge in [-0.25, -0.2) is 8.42 Å². The van der Waals surface area contributed by atoms with Crippen LogP contribution in [0.1, 0.15) is 11.1 Å². The Morgan fingerprint density at radius 1 is 0.408 bits per heavy atom. The van der Waals surface area contributed by atoms with Crippen LogP contribution in [0.3, 0.4) is 0 Å². The molecule has 6 rings (SSSR count). The Bertz CT molecular complexity index is 2050. The molecule has 240 valence electrons. The fourth-order valence-corrected chi connectivity index (χ4v) is 6.38. The standard InChI is InChI=1S/C42H32N2O4S/c45-41(29-11-31-7-3-1-4-8-31)43-37-21-13-33(14-22-37)35-17-25-39(26-18-35)49(47,48)40-27-19-36(20-28-40)34-15-23-38(24-16-34)44-42(46)30-12-32-9-5-2-6-10-32/h1-30H,(H,43,45)(H,44,46)/b29-11+,30-12+. The summed E-state index contributed by atoms with van der Waals surface area (Å²) in [6.07, 6.45) is 6.48. The van der Waals surface area contributed by atoms with E-state index in [9.17, 15) is 18.0 Å². The molecular weight excluding hydrogens is 629 g/mol. The number of anilines is 2. The highest BCUT2D eigenvalue weighted by atomic mass is 32.2. The van der Waals surface area contributed by atoms with E-state index in [1.54, 1.807) is 60.7 Å². The molecule has 2 amide bonds. The van der Waals surface area contributed by atoms with Crippen molar-refractivity contribution in [2.75, 3.05) is 10.6 Å². The van der Waals surface area contributed by atoms with Gasteiger partial charge >= 0.3 is 0 Å². The zero-order valence-electron chi connectivity index (χ0n) is 26.4. The third kappa shape index (κ3) is 8.54. The van der Waals surface area contributed by atoms with Gasteiger partial charge in [0.1, 0.15) is 0 Å². The second kappa shape index (κ2) is 15.1. The predicted molar refractivity (Wildman–Crippen MR) is 197 cm³/mol. The average Bonchev–Trinajstić information content (AvgIpc) is 3.15. The molecular formula is C42H32N2O4S. The van der Waals surface area contributed by atoms with Crippen molar-refractivity contribution >= 4 is 45.2 Å². The normalized spacial score (nSPS) is 11.4. The van der Waals surface area contributed by atoms with Crippen molar-refractivity contribution in [3.05, 3.63) is 181 Å². The quantitative estimate of drug-likeness (QED) is 0.143. The van der Waals surface area contributed by atoms with Crippen LogP contribution in [-0.4, -0.2) is 20.2 Å². The molecule has 0 aromatic heterocycles. The van der Waals surface area contributed by atoms with E-state index < -0.39 is 9.84 Å². The van der Waals surface area contributed by atoms with Crippen LogP contribution in [0.5, 0.6) is 0 Å². The van der Waals surface area contributed by atoms with Crippen molar-refractivity contribution in [1.29, 1.82) is 0 Å². The second-order valence-corrected chi connectivity index (χ2v) is 13.1. The number of carbonyl (C=O) groups excluding carboxylic acids is 2. The van der Waals surface area contributed by atoms with E-state index >= 15 is 0 Å². The average molecular weight is 661 g/mol. The first kappa shape index (κ1) is 32.6. The third-order valence-corrected chi connectivity index (χ3v) is 9.54. The van der Waals surface area contributed by atoms with Gasteiger partial charge in [0.2, 0.25) is 21.7 Å². The summed E-state index contributed by atoms with van der Waals surface area (Å²) in [5, 5.41) is 5.70. The van der Waals surface area contributed by atoms with Gasteiger partial charge in [-0.05, 0) is 94.1 Å². The van der Waals surface area contributed by atoms with E-state index in [4.69, 9.17) is 0 Å². The molecule has 0 aliphatic heterocycles. The van der Waals surface area contributed by atoms with Crippen molar-refractivity contribution in [2.24, 2.45) is 0 Å². The number of carbonyl (C=O) groups is 2. The van der Waals surface area contributed by atoms with Gasteiger partial charge in [-0.15, -0.1) is 0 Å². The van der Waals surface area contributed by atoms with E-state index in [2.05, 4.69) is 10.6 Å². The summed E-state index contributed by atoms with van der Waals surface area (Å²) < 4.78 is 26.8. The summed E-state index contributed by atoms with van der Waals surface area (Å²) in [4.78, 5) is 25.0. The van der Waals surface area contributed by atoms with Crippen molar-refractivity contribution < 1.29 is 18.0 Å². The van der Waals surface area contributed by atoms with Crippen molar-refractivity contribution in [3.63, 3.8) is 0 Å². The zero-order valence-corrected chi connectivity index (χ0v) is 27.2. The molecule has 0 bridgehead atoms. The third-order valence-electron chi connectivity index (χ3n) is 7.75. The molecule has 2 N–H and O–H groups in total. The van der Waals surface area contributed by atoms with E-state index in [0.717, 1.165) is 33.4 Å². The first-order chi connectivity index (χ1) is 23.8. The van der Waals surface area contributed by atoms with Gasteiger partial charge in [-0.1, -0.05) is 109 Å². The number of rotatable bonds is 10. The molecule has 0 spiro atoms. The van der Waals surface area contributed by atoms with Gasteiger partial charge in [0.05, 0.1) is 9.79 Å². The van der Waals surface area contributed by atoms with Gasteiger partial charge in [-0.3, -0.25) is 9.59 Å². The SMILES string of the molecule is O=C(/C=C/c1ccccc1)Nc1ccc(-c2ccc(S(=O)(=O)c3ccc(-c4ccc(NC(=O)/C=C/c5ccccc5)cc4)cc3)cc2)cc1. The molecule has 0 unspecified atom stereocenters. The lowest BCUT2D eigenvalue weighted by molar-refractivity contribution is -0.112. The highest BCUT2D eigenvalue weighted by Crippen LogP contribution is 2.28. The number of nitrogens with one attached hydrogen (secondary N) is 2. The van der Waals surface area contributed by atoms with Crippen LogP contribution in [-0.2, 0) is 19.4 Å². The fraction of sp³-hybridized carbons (Fsp3) is 0. The zero-order chi connectivity index (χ0) is 34.1. The molecule has 0 aliphatic carbocycles. The summed E-state index contributed by atoms with van der Waals surface area (Å²) in [6.45, 7) is 0. The highest BCUT2D eigenvalue weighted by molar-refractivity contribution is 7.91. The summed E-state index contributed by atoms with van der Waals surface area (Å²) in [5.74, 6) is -0.462. The van der Waals surface area contributed by atoms with Crippen LogP contribution in [0.2, 0.25) is 0 Å². The van der Waals surface area contributed by atoms with Crippen molar-refractivity contribution in [2.45, 2.75) is 9.79 Å². The lowest BCUT2D eigenvalue weighted by Gasteiger charge is -2.09. The Labute approximate surface area is 286 Å². The molecule has 0 atom stereocenters. The minimum absolute atomic E-state index is 0.194. The van der Waals surface area contributed by atoms with Gasteiger partial charge in [0.25, 0.3) is 0 Å². The van der Waals surface area contributed by atoms with Crippen LogP contribution in [0.4, 0.5) is 11.4 Å². The second-order valence-electron chi connectivity index (χ2n) is 11.2. The Balaban J connectivity index is 1.06. The Kier molecular flexibility index (Phi) is 10.0. The molecule has 6 aromatic carbocycles. The minimum atomic E-state index is -3.74. The Morgan fingerprint density at radius 2 is 0.714 bits per heavy atom. The summed E-state index contributed by atoms with van der Waals surface area (Å²) in [7, 11) is -3.74. The Morgan fingerprint density at radius 3 is 1.04 bits per heavy atom. The van der Waals surface area contributed by atoms with Crippen LogP contribution in [0, 0.1) is 0 Å². The Hall–Kier alpha value is -6.31. The van der Waals surface area contributed by atoms with Gasteiger partial charge < -0.3 is 10.6 Å². The highest BCUT2D eigenvalue weighted by Gasteiger charge is 2.18. The van der Waals surface area contributed by atoms with Crippen LogP contribution in [0.15, 0.2) is 180 Å². The maximum Gasteiger partial charge on any atom is 0.248 e. The summed E-state index contributed by atoms with van der Waals surface area (Å²) >= 11 is 0. The smallest absolute Gasteiger partial charge is 0.248 e. The minimum Gasteiger partial charge on any atom is -0.323 e. The van der Waals surface area contributed by atoms with Gasteiger partial charge in [0, 0.05) is 23.5 Å². The van der Waals surface area contributed by atoms with Crippen molar-refractivity contribution in [3.8, 4) is 22.3 Å². The maximum atomic E-state index is 13.4. The number of sulfone groups is 1. The van der Waals surface area contributed by atoms with Gasteiger partial charge in [-0.2, -0.15) is 0 Å². The molecule has 7 heteroatoms. The van der Waals surface area contributed by atoms with Crippen LogP contribution >= 0.6 is 0 Å². The lowest BCUT2D eigenvalue weighted by Crippen LogP contribution is -2.07. The number of benzene rings is 6. The molecule has 49 heavy (non-hydrogen) atoms. The monoisotopic (exact) mass is 660 g/mol. The summed E-state index contributed by atoms with van der Waals surface area (Å²) in [5.41, 5.74) is 6.67. The molecule has 0 fully saturated rings.